The summed E-state index contributed by atoms with van der Waals surface area (Å²) in [7, 11) is 0. The highest BCUT2D eigenvalue weighted by molar-refractivity contribution is 5.88. The number of anilines is 3. The zero-order valence-electron chi connectivity index (χ0n) is 17.4. The third-order valence-corrected chi connectivity index (χ3v) is 4.93. The molecule has 10 heteroatoms. The predicted octanol–water partition coefficient (Wildman–Crippen LogP) is 3.55. The number of rotatable bonds is 6. The van der Waals surface area contributed by atoms with Crippen molar-refractivity contribution in [2.75, 3.05) is 10.6 Å². The van der Waals surface area contributed by atoms with E-state index in [2.05, 4.69) is 53.6 Å². The number of aromatic nitrogens is 2. The lowest BCUT2D eigenvalue weighted by Gasteiger charge is -2.46. The highest BCUT2D eigenvalue weighted by atomic mass is 16.6. The highest BCUT2D eigenvalue weighted by Crippen LogP contribution is 2.35. The molecule has 0 bridgehead atoms. The number of carboxylic acids is 1. The van der Waals surface area contributed by atoms with Crippen molar-refractivity contribution < 1.29 is 14.8 Å². The molecule has 4 N–H and O–H groups in total. The number of piperidine rings is 1. The Hall–Kier alpha value is -3.27. The number of aromatic carboxylic acids is 1. The molecular formula is C20H26N6O4. The Balaban J connectivity index is 1.88. The fourth-order valence-corrected chi connectivity index (χ4v) is 4.20. The van der Waals surface area contributed by atoms with E-state index in [1.807, 2.05) is 0 Å². The first-order valence-electron chi connectivity index (χ1n) is 9.61. The summed E-state index contributed by atoms with van der Waals surface area (Å²) >= 11 is 0. The van der Waals surface area contributed by atoms with Gasteiger partial charge in [0, 0.05) is 22.8 Å². The van der Waals surface area contributed by atoms with Crippen LogP contribution in [0.2, 0.25) is 0 Å². The summed E-state index contributed by atoms with van der Waals surface area (Å²) in [4.78, 5) is 30.5. The van der Waals surface area contributed by atoms with Crippen LogP contribution in [0.1, 0.15) is 50.9 Å². The van der Waals surface area contributed by atoms with E-state index < -0.39 is 10.9 Å². The molecule has 30 heavy (non-hydrogen) atoms. The second-order valence-electron chi connectivity index (χ2n) is 8.83. The van der Waals surface area contributed by atoms with E-state index in [-0.39, 0.29) is 40.0 Å². The minimum atomic E-state index is -1.05. The molecule has 0 radical (unpaired) electrons. The maximum Gasteiger partial charge on any atom is 0.353 e. The van der Waals surface area contributed by atoms with Gasteiger partial charge in [-0.3, -0.25) is 10.1 Å². The lowest BCUT2D eigenvalue weighted by atomic mass is 9.79. The molecule has 0 unspecified atom stereocenters. The molecule has 2 aromatic rings. The lowest BCUT2D eigenvalue weighted by molar-refractivity contribution is -0.383. The third kappa shape index (κ3) is 5.01. The maximum absolute atomic E-state index is 11.8. The van der Waals surface area contributed by atoms with E-state index in [9.17, 15) is 14.9 Å². The first-order valence-corrected chi connectivity index (χ1v) is 9.61. The summed E-state index contributed by atoms with van der Waals surface area (Å²) in [6, 6.07) is 5.87. The molecular weight excluding hydrogens is 388 g/mol. The van der Waals surface area contributed by atoms with Gasteiger partial charge in [-0.2, -0.15) is 0 Å². The van der Waals surface area contributed by atoms with E-state index in [1.165, 1.54) is 30.6 Å². The smallest absolute Gasteiger partial charge is 0.353 e. The van der Waals surface area contributed by atoms with Gasteiger partial charge in [0.15, 0.2) is 0 Å². The number of nitrogens with zero attached hydrogens (tertiary/aromatic N) is 3. The van der Waals surface area contributed by atoms with Crippen molar-refractivity contribution in [1.29, 1.82) is 0 Å². The molecule has 1 fully saturated rings. The second kappa shape index (κ2) is 7.86. The van der Waals surface area contributed by atoms with Crippen molar-refractivity contribution in [1.82, 2.24) is 15.3 Å². The molecule has 1 aromatic carbocycles. The number of carboxylic acid groups (broad SMARTS) is 1. The molecule has 1 saturated heterocycles. The van der Waals surface area contributed by atoms with Crippen molar-refractivity contribution in [2.45, 2.75) is 57.7 Å². The minimum Gasteiger partial charge on any atom is -0.478 e. The molecule has 0 amide bonds. The van der Waals surface area contributed by atoms with Crippen LogP contribution in [-0.2, 0) is 0 Å². The third-order valence-electron chi connectivity index (χ3n) is 4.93. The monoisotopic (exact) mass is 414 g/mol. The van der Waals surface area contributed by atoms with Gasteiger partial charge in [-0.25, -0.2) is 14.8 Å². The Morgan fingerprint density at radius 2 is 1.70 bits per heavy atom. The van der Waals surface area contributed by atoms with Gasteiger partial charge in [-0.15, -0.1) is 0 Å². The van der Waals surface area contributed by atoms with Crippen LogP contribution in [0.25, 0.3) is 0 Å². The number of benzene rings is 1. The number of carbonyl (C=O) groups is 1. The Morgan fingerprint density at radius 1 is 1.13 bits per heavy atom. The summed E-state index contributed by atoms with van der Waals surface area (Å²) in [6.45, 7) is 8.41. The summed E-state index contributed by atoms with van der Waals surface area (Å²) in [5.41, 5.74) is 0.0876. The summed E-state index contributed by atoms with van der Waals surface area (Å²) in [6.07, 6.45) is 2.81. The van der Waals surface area contributed by atoms with Crippen molar-refractivity contribution in [2.24, 2.45) is 0 Å². The van der Waals surface area contributed by atoms with E-state index in [1.54, 1.807) is 0 Å². The normalized spacial score (nSPS) is 17.9. The summed E-state index contributed by atoms with van der Waals surface area (Å²) in [5, 5.41) is 30.5. The van der Waals surface area contributed by atoms with Crippen LogP contribution < -0.4 is 16.0 Å². The maximum atomic E-state index is 11.8. The Bertz CT molecular complexity index is 942. The Labute approximate surface area is 174 Å². The van der Waals surface area contributed by atoms with Crippen molar-refractivity contribution in [3.05, 3.63) is 46.3 Å². The van der Waals surface area contributed by atoms with Gasteiger partial charge in [-0.1, -0.05) is 0 Å². The Kier molecular flexibility index (Phi) is 5.62. The van der Waals surface area contributed by atoms with Crippen LogP contribution in [-0.4, -0.2) is 43.1 Å². The van der Waals surface area contributed by atoms with Crippen LogP contribution in [0.5, 0.6) is 0 Å². The zero-order chi connectivity index (χ0) is 22.1. The van der Waals surface area contributed by atoms with Gasteiger partial charge in [0.2, 0.25) is 11.6 Å². The van der Waals surface area contributed by atoms with Crippen LogP contribution >= 0.6 is 0 Å². The molecule has 0 aliphatic carbocycles. The molecule has 160 valence electrons. The molecule has 1 aliphatic rings. The molecule has 1 aromatic heterocycles. The second-order valence-corrected chi connectivity index (χ2v) is 8.83. The first-order chi connectivity index (χ1) is 14.0. The molecule has 1 aliphatic heterocycles. The largest absolute Gasteiger partial charge is 0.478 e. The van der Waals surface area contributed by atoms with Gasteiger partial charge in [0.25, 0.3) is 0 Å². The zero-order valence-corrected chi connectivity index (χ0v) is 17.4. The van der Waals surface area contributed by atoms with Crippen molar-refractivity contribution in [3.63, 3.8) is 0 Å². The molecule has 3 rings (SSSR count). The number of hydrogen-bond donors (Lipinski definition) is 4. The fourth-order valence-electron chi connectivity index (χ4n) is 4.20. The molecule has 2 heterocycles. The van der Waals surface area contributed by atoms with Gasteiger partial charge in [-0.05, 0) is 64.8 Å². The van der Waals surface area contributed by atoms with E-state index in [0.29, 0.717) is 5.69 Å². The van der Waals surface area contributed by atoms with Crippen LogP contribution in [0.4, 0.5) is 23.0 Å². The molecule has 0 atom stereocenters. The van der Waals surface area contributed by atoms with Crippen molar-refractivity contribution in [3.8, 4) is 0 Å². The topological polar surface area (TPSA) is 142 Å². The summed E-state index contributed by atoms with van der Waals surface area (Å²) < 4.78 is 0. The number of nitrogens with one attached hydrogen (secondary N) is 3. The van der Waals surface area contributed by atoms with Gasteiger partial charge < -0.3 is 21.1 Å². The first kappa shape index (κ1) is 21.4. The van der Waals surface area contributed by atoms with Crippen LogP contribution in [0.3, 0.4) is 0 Å². The molecule has 0 spiro atoms. The van der Waals surface area contributed by atoms with Crippen LogP contribution in [0, 0.1) is 10.1 Å². The predicted molar refractivity (Wildman–Crippen MR) is 113 cm³/mol. The van der Waals surface area contributed by atoms with E-state index in [4.69, 9.17) is 5.11 Å². The number of nitro groups is 1. The quantitative estimate of drug-likeness (QED) is 0.412. The average Bonchev–Trinajstić information content (AvgIpc) is 2.59. The average molecular weight is 414 g/mol. The van der Waals surface area contributed by atoms with Gasteiger partial charge in [0.1, 0.15) is 6.33 Å². The lowest BCUT2D eigenvalue weighted by Crippen LogP contribution is -2.60. The van der Waals surface area contributed by atoms with Gasteiger partial charge in [0.05, 0.1) is 10.5 Å². The minimum absolute atomic E-state index is 0.00690. The standard InChI is InChI=1S/C20H26N6O4/c1-19(2)9-14(10-20(3,4)25-19)24-17-15(26(29)30)16(21-11-22-17)23-13-7-5-12(6-8-13)18(27)28/h5-8,11,14,25H,9-10H2,1-4H3,(H,27,28)(H2,21,22,23,24). The Morgan fingerprint density at radius 3 is 2.23 bits per heavy atom. The highest BCUT2D eigenvalue weighted by Gasteiger charge is 2.38. The fraction of sp³-hybridized carbons (Fsp3) is 0.450. The van der Waals surface area contributed by atoms with Crippen LogP contribution in [0.15, 0.2) is 30.6 Å². The molecule has 10 nitrogen and oxygen atoms in total. The van der Waals surface area contributed by atoms with E-state index >= 15 is 0 Å². The SMILES string of the molecule is CC1(C)CC(Nc2ncnc(Nc3ccc(C(=O)O)cc3)c2[N+](=O)[O-])CC(C)(C)N1. The van der Waals surface area contributed by atoms with E-state index in [0.717, 1.165) is 12.8 Å². The van der Waals surface area contributed by atoms with Crippen molar-refractivity contribution >= 4 is 29.0 Å². The number of hydrogen-bond acceptors (Lipinski definition) is 8. The summed E-state index contributed by atoms with van der Waals surface area (Å²) in [5.74, 6) is -0.861. The van der Waals surface area contributed by atoms with Gasteiger partial charge >= 0.3 is 11.7 Å². The molecule has 0 saturated carbocycles.